The van der Waals surface area contributed by atoms with Crippen molar-refractivity contribution in [1.29, 1.82) is 0 Å². The molecule has 1 aromatic heterocycles. The first kappa shape index (κ1) is 9.51. The van der Waals surface area contributed by atoms with Crippen molar-refractivity contribution in [2.24, 2.45) is 0 Å². The van der Waals surface area contributed by atoms with Gasteiger partial charge in [-0.2, -0.15) is 4.98 Å². The Hall–Kier alpha value is -2.04. The van der Waals surface area contributed by atoms with Gasteiger partial charge in [-0.15, -0.1) is 0 Å². The maximum Gasteiger partial charge on any atom is 0.213 e. The number of hydrogen-bond acceptors (Lipinski definition) is 5. The van der Waals surface area contributed by atoms with E-state index < -0.39 is 0 Å². The molecule has 0 spiro atoms. The Morgan fingerprint density at radius 2 is 2.27 bits per heavy atom. The summed E-state index contributed by atoms with van der Waals surface area (Å²) < 4.78 is 4.62. The Labute approximate surface area is 87.3 Å². The van der Waals surface area contributed by atoms with Gasteiger partial charge in [0.05, 0.1) is 6.54 Å². The van der Waals surface area contributed by atoms with Crippen molar-refractivity contribution in [2.75, 3.05) is 11.1 Å². The largest absolute Gasteiger partial charge is 0.399 e. The number of hydrogen-bond donors (Lipinski definition) is 2. The molecule has 3 N–H and O–H groups in total. The molecular weight excluding hydrogens is 192 g/mol. The van der Waals surface area contributed by atoms with Crippen molar-refractivity contribution in [2.45, 2.75) is 13.5 Å². The molecule has 0 amide bonds. The number of nitrogen functional groups attached to an aromatic ring is 1. The van der Waals surface area contributed by atoms with Crippen LogP contribution in [0.5, 0.6) is 0 Å². The maximum absolute atomic E-state index is 5.72. The topological polar surface area (TPSA) is 77.0 Å². The van der Waals surface area contributed by atoms with Gasteiger partial charge in [0.1, 0.15) is 0 Å². The summed E-state index contributed by atoms with van der Waals surface area (Å²) in [6.45, 7) is 2.52. The Morgan fingerprint density at radius 1 is 1.40 bits per heavy atom. The minimum Gasteiger partial charge on any atom is -0.399 e. The molecule has 5 heteroatoms. The van der Waals surface area contributed by atoms with Crippen molar-refractivity contribution >= 4 is 11.4 Å². The number of nitrogens with one attached hydrogen (secondary N) is 1. The third-order valence-electron chi connectivity index (χ3n) is 1.96. The molecule has 1 aromatic carbocycles. The van der Waals surface area contributed by atoms with Gasteiger partial charge >= 0.3 is 0 Å². The lowest BCUT2D eigenvalue weighted by molar-refractivity contribution is 0.411. The zero-order valence-corrected chi connectivity index (χ0v) is 8.40. The van der Waals surface area contributed by atoms with E-state index in [-0.39, 0.29) is 0 Å². The second-order valence-electron chi connectivity index (χ2n) is 3.33. The normalized spacial score (nSPS) is 10.2. The van der Waals surface area contributed by atoms with Gasteiger partial charge < -0.3 is 15.6 Å². The van der Waals surface area contributed by atoms with E-state index in [1.54, 1.807) is 0 Å². The van der Waals surface area contributed by atoms with Gasteiger partial charge in [-0.25, -0.2) is 0 Å². The van der Waals surface area contributed by atoms with Crippen molar-refractivity contribution < 1.29 is 4.52 Å². The van der Waals surface area contributed by atoms with Crippen molar-refractivity contribution in [3.63, 3.8) is 0 Å². The molecule has 0 atom stereocenters. The molecule has 5 nitrogen and oxygen atoms in total. The van der Waals surface area contributed by atoms with Crippen LogP contribution < -0.4 is 11.1 Å². The van der Waals surface area contributed by atoms with Crippen LogP contribution >= 0.6 is 0 Å². The van der Waals surface area contributed by atoms with Crippen LogP contribution in [-0.2, 0) is 6.54 Å². The molecule has 0 aliphatic rings. The van der Waals surface area contributed by atoms with Gasteiger partial charge in [-0.05, 0) is 30.7 Å². The molecule has 0 saturated carbocycles. The first-order chi connectivity index (χ1) is 7.24. The fourth-order valence-electron chi connectivity index (χ4n) is 1.37. The van der Waals surface area contributed by atoms with Crippen molar-refractivity contribution in [3.05, 3.63) is 36.0 Å². The molecule has 0 aliphatic heterocycles. The Morgan fingerprint density at radius 3 is 2.93 bits per heavy atom. The van der Waals surface area contributed by atoms with Gasteiger partial charge in [-0.1, -0.05) is 5.16 Å². The number of aromatic nitrogens is 2. The van der Waals surface area contributed by atoms with E-state index >= 15 is 0 Å². The second kappa shape index (κ2) is 4.00. The highest BCUT2D eigenvalue weighted by Gasteiger charge is 1.99. The molecule has 0 radical (unpaired) electrons. The smallest absolute Gasteiger partial charge is 0.213 e. The van der Waals surface area contributed by atoms with Gasteiger partial charge in [0.15, 0.2) is 5.82 Å². The molecule has 0 bridgehead atoms. The summed E-state index contributed by atoms with van der Waals surface area (Å²) >= 11 is 0. The Kier molecular flexibility index (Phi) is 2.53. The van der Waals surface area contributed by atoms with Gasteiger partial charge in [0, 0.05) is 11.4 Å². The summed E-state index contributed by atoms with van der Waals surface area (Å²) in [7, 11) is 0. The van der Waals surface area contributed by atoms with Crippen LogP contribution in [0.15, 0.2) is 29.1 Å². The molecule has 2 aromatic rings. The van der Waals surface area contributed by atoms with E-state index in [1.807, 2.05) is 25.1 Å². The highest BCUT2D eigenvalue weighted by molar-refractivity contribution is 5.56. The molecule has 0 unspecified atom stereocenters. The standard InChI is InChI=1S/C10H12N4O/c1-7-2-8(11)4-9(3-7)12-5-10-13-6-15-14-10/h2-4,6,12H,5,11H2,1H3. The van der Waals surface area contributed by atoms with Crippen LogP contribution in [0.3, 0.4) is 0 Å². The Balaban J connectivity index is 2.05. The number of aryl methyl sites for hydroxylation is 1. The zero-order chi connectivity index (χ0) is 10.7. The van der Waals surface area contributed by atoms with E-state index in [1.165, 1.54) is 6.39 Å². The van der Waals surface area contributed by atoms with Crippen LogP contribution in [0, 0.1) is 6.92 Å². The second-order valence-corrected chi connectivity index (χ2v) is 3.33. The Bertz CT molecular complexity index is 418. The molecule has 0 fully saturated rings. The third-order valence-corrected chi connectivity index (χ3v) is 1.96. The van der Waals surface area contributed by atoms with Gasteiger partial charge in [0.25, 0.3) is 0 Å². The van der Waals surface area contributed by atoms with E-state index in [9.17, 15) is 0 Å². The lowest BCUT2D eigenvalue weighted by Crippen LogP contribution is -2.02. The van der Waals surface area contributed by atoms with E-state index in [0.717, 1.165) is 16.9 Å². The van der Waals surface area contributed by atoms with Crippen LogP contribution in [0.2, 0.25) is 0 Å². The predicted molar refractivity (Wildman–Crippen MR) is 57.2 cm³/mol. The summed E-state index contributed by atoms with van der Waals surface area (Å²) in [6.07, 6.45) is 1.31. The highest BCUT2D eigenvalue weighted by atomic mass is 16.5. The maximum atomic E-state index is 5.72. The summed E-state index contributed by atoms with van der Waals surface area (Å²) in [5.74, 6) is 0.620. The number of anilines is 2. The number of benzene rings is 1. The monoisotopic (exact) mass is 204 g/mol. The fraction of sp³-hybridized carbons (Fsp3) is 0.200. The first-order valence-electron chi connectivity index (χ1n) is 4.60. The SMILES string of the molecule is Cc1cc(N)cc(NCc2ncon2)c1. The molecule has 78 valence electrons. The minimum atomic E-state index is 0.527. The van der Waals surface area contributed by atoms with Crippen LogP contribution in [0.25, 0.3) is 0 Å². The van der Waals surface area contributed by atoms with Crippen LogP contribution in [0.1, 0.15) is 11.4 Å². The molecule has 0 aliphatic carbocycles. The number of nitrogens with two attached hydrogens (primary N) is 1. The summed E-state index contributed by atoms with van der Waals surface area (Å²) in [6, 6.07) is 5.79. The van der Waals surface area contributed by atoms with Gasteiger partial charge in [0.2, 0.25) is 6.39 Å². The molecule has 1 heterocycles. The lowest BCUT2D eigenvalue weighted by atomic mass is 10.2. The van der Waals surface area contributed by atoms with Crippen LogP contribution in [0.4, 0.5) is 11.4 Å². The van der Waals surface area contributed by atoms with Crippen molar-refractivity contribution in [3.8, 4) is 0 Å². The quantitative estimate of drug-likeness (QED) is 0.742. The van der Waals surface area contributed by atoms with Gasteiger partial charge in [-0.3, -0.25) is 0 Å². The third kappa shape index (κ3) is 2.46. The van der Waals surface area contributed by atoms with E-state index in [2.05, 4.69) is 20.0 Å². The average molecular weight is 204 g/mol. The van der Waals surface area contributed by atoms with Crippen molar-refractivity contribution in [1.82, 2.24) is 10.1 Å². The van der Waals surface area contributed by atoms with E-state index in [0.29, 0.717) is 12.4 Å². The zero-order valence-electron chi connectivity index (χ0n) is 8.40. The molecule has 2 rings (SSSR count). The minimum absolute atomic E-state index is 0.527. The molecule has 15 heavy (non-hydrogen) atoms. The predicted octanol–water partition coefficient (Wildman–Crippen LogP) is 1.57. The lowest BCUT2D eigenvalue weighted by Gasteiger charge is -2.05. The number of rotatable bonds is 3. The van der Waals surface area contributed by atoms with Crippen LogP contribution in [-0.4, -0.2) is 10.1 Å². The average Bonchev–Trinajstić information content (AvgIpc) is 2.65. The summed E-state index contributed by atoms with van der Waals surface area (Å²) in [5.41, 5.74) is 8.53. The fourth-order valence-corrected chi connectivity index (χ4v) is 1.37. The number of nitrogens with zero attached hydrogens (tertiary/aromatic N) is 2. The van der Waals surface area contributed by atoms with E-state index in [4.69, 9.17) is 5.73 Å². The molecular formula is C10H12N4O. The highest BCUT2D eigenvalue weighted by Crippen LogP contribution is 2.16. The summed E-state index contributed by atoms with van der Waals surface area (Å²) in [5, 5.41) is 6.86. The summed E-state index contributed by atoms with van der Waals surface area (Å²) in [4.78, 5) is 3.90. The first-order valence-corrected chi connectivity index (χ1v) is 4.60. The molecule has 0 saturated heterocycles.